The van der Waals surface area contributed by atoms with E-state index in [0.717, 1.165) is 54.1 Å². The van der Waals surface area contributed by atoms with Crippen molar-refractivity contribution in [3.8, 4) is 11.3 Å². The molecular formula is C30H28N4. The number of aromatic nitrogens is 3. The van der Waals surface area contributed by atoms with E-state index in [4.69, 9.17) is 10.7 Å². The van der Waals surface area contributed by atoms with Crippen LogP contribution in [0.2, 0.25) is 0 Å². The average Bonchev–Trinajstić information content (AvgIpc) is 2.90. The van der Waals surface area contributed by atoms with Crippen LogP contribution in [0.25, 0.3) is 22.0 Å². The van der Waals surface area contributed by atoms with E-state index in [2.05, 4.69) is 82.8 Å². The number of fused-ring (bicyclic) bond motifs is 1. The Morgan fingerprint density at radius 1 is 0.618 bits per heavy atom. The molecule has 0 aliphatic heterocycles. The summed E-state index contributed by atoms with van der Waals surface area (Å²) < 4.78 is 0. The van der Waals surface area contributed by atoms with Crippen molar-refractivity contribution in [2.45, 2.75) is 32.1 Å². The Labute approximate surface area is 200 Å². The monoisotopic (exact) mass is 444 g/mol. The molecule has 0 amide bonds. The lowest BCUT2D eigenvalue weighted by atomic mass is 9.92. The van der Waals surface area contributed by atoms with Gasteiger partial charge in [0, 0.05) is 35.7 Å². The molecule has 0 spiro atoms. The summed E-state index contributed by atoms with van der Waals surface area (Å²) in [4.78, 5) is 13.7. The number of aryl methyl sites for hydroxylation is 4. The standard InChI is InChI=1S/C30H28N4/c31-30-28-21-33-19-17-25(28)26(15-14-23-10-5-2-6-11-23)29(34-30)27-20-32-18-16-24(27)13-7-12-22-8-3-1-4-9-22/h1-6,8-11,16-21H,7,12-15H2,(H2,31,34). The van der Waals surface area contributed by atoms with Crippen molar-refractivity contribution < 1.29 is 0 Å². The van der Waals surface area contributed by atoms with Gasteiger partial charge in [-0.3, -0.25) is 9.97 Å². The van der Waals surface area contributed by atoms with Gasteiger partial charge in [-0.25, -0.2) is 4.98 Å². The molecule has 4 nitrogen and oxygen atoms in total. The highest BCUT2D eigenvalue weighted by Gasteiger charge is 2.17. The fraction of sp³-hybridized carbons (Fsp3) is 0.167. The van der Waals surface area contributed by atoms with Crippen molar-refractivity contribution in [2.75, 3.05) is 5.73 Å². The van der Waals surface area contributed by atoms with E-state index in [1.807, 2.05) is 24.8 Å². The zero-order valence-electron chi connectivity index (χ0n) is 19.2. The summed E-state index contributed by atoms with van der Waals surface area (Å²) >= 11 is 0. The van der Waals surface area contributed by atoms with Gasteiger partial charge in [0.25, 0.3) is 0 Å². The molecule has 3 aromatic heterocycles. The van der Waals surface area contributed by atoms with Crippen LogP contribution in [0.1, 0.15) is 28.7 Å². The molecule has 0 fully saturated rings. The van der Waals surface area contributed by atoms with Crippen LogP contribution in [0, 0.1) is 0 Å². The quantitative estimate of drug-likeness (QED) is 0.308. The molecule has 5 rings (SSSR count). The Balaban J connectivity index is 1.51. The molecule has 34 heavy (non-hydrogen) atoms. The van der Waals surface area contributed by atoms with Gasteiger partial charge in [0.1, 0.15) is 5.82 Å². The minimum Gasteiger partial charge on any atom is -0.383 e. The summed E-state index contributed by atoms with van der Waals surface area (Å²) in [7, 11) is 0. The third kappa shape index (κ3) is 4.81. The van der Waals surface area contributed by atoms with Crippen LogP contribution in [0.15, 0.2) is 97.6 Å². The highest BCUT2D eigenvalue weighted by Crippen LogP contribution is 2.34. The van der Waals surface area contributed by atoms with E-state index in [1.54, 1.807) is 0 Å². The third-order valence-electron chi connectivity index (χ3n) is 6.37. The first-order chi connectivity index (χ1) is 16.8. The maximum absolute atomic E-state index is 6.43. The van der Waals surface area contributed by atoms with Crippen LogP contribution in [0.5, 0.6) is 0 Å². The molecule has 0 aliphatic rings. The topological polar surface area (TPSA) is 64.7 Å². The van der Waals surface area contributed by atoms with Gasteiger partial charge in [-0.15, -0.1) is 0 Å². The van der Waals surface area contributed by atoms with E-state index >= 15 is 0 Å². The van der Waals surface area contributed by atoms with Gasteiger partial charge in [0.05, 0.1) is 5.69 Å². The highest BCUT2D eigenvalue weighted by molar-refractivity contribution is 5.96. The molecule has 0 bridgehead atoms. The lowest BCUT2D eigenvalue weighted by molar-refractivity contribution is 0.819. The van der Waals surface area contributed by atoms with Crippen molar-refractivity contribution >= 4 is 16.6 Å². The maximum Gasteiger partial charge on any atom is 0.133 e. The van der Waals surface area contributed by atoms with E-state index in [0.29, 0.717) is 5.82 Å². The molecule has 0 unspecified atom stereocenters. The van der Waals surface area contributed by atoms with Crippen molar-refractivity contribution in [3.05, 3.63) is 120 Å². The molecule has 0 radical (unpaired) electrons. The van der Waals surface area contributed by atoms with Crippen LogP contribution >= 0.6 is 0 Å². The molecule has 0 saturated heterocycles. The normalized spacial score (nSPS) is 11.1. The zero-order chi connectivity index (χ0) is 23.2. The Hall–Kier alpha value is -4.05. The number of pyridine rings is 3. The zero-order valence-corrected chi connectivity index (χ0v) is 19.2. The SMILES string of the molecule is Nc1nc(-c2cnccc2CCCc2ccccc2)c(CCc2ccccc2)c2ccncc12. The van der Waals surface area contributed by atoms with Crippen LogP contribution < -0.4 is 5.73 Å². The first kappa shape index (κ1) is 21.8. The summed E-state index contributed by atoms with van der Waals surface area (Å²) in [6.07, 6.45) is 12.3. The first-order valence-corrected chi connectivity index (χ1v) is 11.8. The molecule has 0 atom stereocenters. The molecule has 0 saturated carbocycles. The number of nitrogens with zero attached hydrogens (tertiary/aromatic N) is 3. The second-order valence-corrected chi connectivity index (χ2v) is 8.60. The first-order valence-electron chi connectivity index (χ1n) is 11.8. The predicted molar refractivity (Wildman–Crippen MR) is 139 cm³/mol. The number of benzene rings is 2. The van der Waals surface area contributed by atoms with Crippen molar-refractivity contribution in [3.63, 3.8) is 0 Å². The number of hydrogen-bond acceptors (Lipinski definition) is 4. The minimum absolute atomic E-state index is 0.514. The summed E-state index contributed by atoms with van der Waals surface area (Å²) in [6, 6.07) is 25.4. The molecule has 3 heterocycles. The predicted octanol–water partition coefficient (Wildman–Crippen LogP) is 6.23. The van der Waals surface area contributed by atoms with Gasteiger partial charge >= 0.3 is 0 Å². The van der Waals surface area contributed by atoms with Gasteiger partial charge in [0.2, 0.25) is 0 Å². The fourth-order valence-corrected chi connectivity index (χ4v) is 4.61. The van der Waals surface area contributed by atoms with Gasteiger partial charge in [-0.1, -0.05) is 60.7 Å². The number of nitrogen functional groups attached to an aromatic ring is 1. The van der Waals surface area contributed by atoms with Crippen LogP contribution in [0.4, 0.5) is 5.82 Å². The molecule has 2 N–H and O–H groups in total. The lowest BCUT2D eigenvalue weighted by Gasteiger charge is -2.17. The number of rotatable bonds is 8. The molecule has 5 aromatic rings. The summed E-state index contributed by atoms with van der Waals surface area (Å²) in [6.45, 7) is 0. The Kier molecular flexibility index (Phi) is 6.57. The number of nitrogens with two attached hydrogens (primary N) is 1. The summed E-state index contributed by atoms with van der Waals surface area (Å²) in [5.74, 6) is 0.514. The van der Waals surface area contributed by atoms with E-state index in [-0.39, 0.29) is 0 Å². The molecule has 4 heteroatoms. The van der Waals surface area contributed by atoms with Crippen molar-refractivity contribution in [2.24, 2.45) is 0 Å². The van der Waals surface area contributed by atoms with E-state index < -0.39 is 0 Å². The van der Waals surface area contributed by atoms with Crippen molar-refractivity contribution in [1.29, 1.82) is 0 Å². The number of anilines is 1. The van der Waals surface area contributed by atoms with E-state index in [9.17, 15) is 0 Å². The highest BCUT2D eigenvalue weighted by atomic mass is 14.9. The average molecular weight is 445 g/mol. The van der Waals surface area contributed by atoms with Crippen molar-refractivity contribution in [1.82, 2.24) is 15.0 Å². The lowest BCUT2D eigenvalue weighted by Crippen LogP contribution is -2.05. The molecule has 0 aliphatic carbocycles. The molecule has 2 aromatic carbocycles. The third-order valence-corrected chi connectivity index (χ3v) is 6.37. The molecule has 168 valence electrons. The smallest absolute Gasteiger partial charge is 0.133 e. The van der Waals surface area contributed by atoms with Gasteiger partial charge in [0.15, 0.2) is 0 Å². The molecular weight excluding hydrogens is 416 g/mol. The Morgan fingerprint density at radius 2 is 1.29 bits per heavy atom. The summed E-state index contributed by atoms with van der Waals surface area (Å²) in [5.41, 5.74) is 13.6. The van der Waals surface area contributed by atoms with Crippen LogP contribution in [-0.4, -0.2) is 15.0 Å². The Bertz CT molecular complexity index is 1380. The number of hydrogen-bond donors (Lipinski definition) is 1. The van der Waals surface area contributed by atoms with Crippen LogP contribution in [-0.2, 0) is 25.7 Å². The largest absolute Gasteiger partial charge is 0.383 e. The summed E-state index contributed by atoms with van der Waals surface area (Å²) in [5, 5.41) is 2.02. The van der Waals surface area contributed by atoms with E-state index in [1.165, 1.54) is 22.3 Å². The second kappa shape index (κ2) is 10.3. The Morgan fingerprint density at radius 3 is 2.06 bits per heavy atom. The fourth-order valence-electron chi connectivity index (χ4n) is 4.61. The minimum atomic E-state index is 0.514. The van der Waals surface area contributed by atoms with Crippen LogP contribution in [0.3, 0.4) is 0 Å². The van der Waals surface area contributed by atoms with Gasteiger partial charge < -0.3 is 5.73 Å². The van der Waals surface area contributed by atoms with Gasteiger partial charge in [-0.2, -0.15) is 0 Å². The maximum atomic E-state index is 6.43. The second-order valence-electron chi connectivity index (χ2n) is 8.60. The van der Waals surface area contributed by atoms with Gasteiger partial charge in [-0.05, 0) is 71.9 Å².